The largest absolute Gasteiger partial charge is 0.349 e. The van der Waals surface area contributed by atoms with Crippen molar-refractivity contribution in [2.24, 2.45) is 7.05 Å². The van der Waals surface area contributed by atoms with E-state index in [9.17, 15) is 0 Å². The fraction of sp³-hybridized carbons (Fsp3) is 0.385. The molecule has 3 rings (SSSR count). The molecule has 0 radical (unpaired) electrons. The summed E-state index contributed by atoms with van der Waals surface area (Å²) in [4.78, 5) is 6.14. The molecular formula is C13H16N6. The van der Waals surface area contributed by atoms with Gasteiger partial charge in [0.25, 0.3) is 0 Å². The summed E-state index contributed by atoms with van der Waals surface area (Å²) in [5.41, 5.74) is 3.35. The minimum Gasteiger partial charge on any atom is -0.349 e. The van der Waals surface area contributed by atoms with Gasteiger partial charge in [0.05, 0.1) is 11.0 Å². The van der Waals surface area contributed by atoms with E-state index in [0.717, 1.165) is 11.0 Å². The molecule has 0 aliphatic heterocycles. The van der Waals surface area contributed by atoms with Crippen molar-refractivity contribution in [2.75, 3.05) is 0 Å². The number of tetrazole rings is 1. The summed E-state index contributed by atoms with van der Waals surface area (Å²) < 4.78 is 2.10. The summed E-state index contributed by atoms with van der Waals surface area (Å²) in [6.07, 6.45) is 2.13. The van der Waals surface area contributed by atoms with E-state index in [0.29, 0.717) is 17.6 Å². The highest BCUT2D eigenvalue weighted by molar-refractivity contribution is 5.81. The highest BCUT2D eigenvalue weighted by Gasteiger charge is 2.13. The van der Waals surface area contributed by atoms with Crippen molar-refractivity contribution in [3.8, 4) is 5.82 Å². The Balaban J connectivity index is 2.22. The molecule has 3 aromatic heterocycles. The van der Waals surface area contributed by atoms with Crippen LogP contribution in [0, 0.1) is 6.92 Å². The lowest BCUT2D eigenvalue weighted by atomic mass is 10.1. The van der Waals surface area contributed by atoms with E-state index in [1.54, 1.807) is 0 Å². The van der Waals surface area contributed by atoms with Crippen LogP contribution >= 0.6 is 0 Å². The monoisotopic (exact) mass is 256 g/mol. The smallest absolute Gasteiger partial charge is 0.176 e. The van der Waals surface area contributed by atoms with Gasteiger partial charge in [0.2, 0.25) is 0 Å². The molecule has 6 heteroatoms. The summed E-state index contributed by atoms with van der Waals surface area (Å²) >= 11 is 0. The first kappa shape index (κ1) is 11.8. The van der Waals surface area contributed by atoms with Crippen molar-refractivity contribution < 1.29 is 0 Å². The van der Waals surface area contributed by atoms with Crippen molar-refractivity contribution in [2.45, 2.75) is 26.7 Å². The molecule has 3 heterocycles. The van der Waals surface area contributed by atoms with Gasteiger partial charge >= 0.3 is 0 Å². The number of aryl methyl sites for hydroxylation is 2. The van der Waals surface area contributed by atoms with Crippen molar-refractivity contribution in [1.29, 1.82) is 0 Å². The fourth-order valence-electron chi connectivity index (χ4n) is 2.19. The van der Waals surface area contributed by atoms with Crippen molar-refractivity contribution in [3.63, 3.8) is 0 Å². The number of pyridine rings is 1. The molecule has 0 N–H and O–H groups in total. The third-order valence-electron chi connectivity index (χ3n) is 3.19. The van der Waals surface area contributed by atoms with Crippen LogP contribution in [0.1, 0.15) is 31.2 Å². The average Bonchev–Trinajstić information content (AvgIpc) is 2.94. The second-order valence-corrected chi connectivity index (χ2v) is 5.01. The van der Waals surface area contributed by atoms with Crippen LogP contribution in [-0.2, 0) is 7.05 Å². The van der Waals surface area contributed by atoms with Crippen molar-refractivity contribution in [1.82, 2.24) is 29.8 Å². The zero-order chi connectivity index (χ0) is 13.6. The maximum atomic E-state index is 4.68. The van der Waals surface area contributed by atoms with Gasteiger partial charge < -0.3 is 4.57 Å². The van der Waals surface area contributed by atoms with E-state index in [-0.39, 0.29) is 0 Å². The second-order valence-electron chi connectivity index (χ2n) is 5.01. The van der Waals surface area contributed by atoms with Gasteiger partial charge in [0.1, 0.15) is 0 Å². The second kappa shape index (κ2) is 4.15. The van der Waals surface area contributed by atoms with Crippen LogP contribution in [0.4, 0.5) is 0 Å². The summed E-state index contributed by atoms with van der Waals surface area (Å²) in [5, 5.41) is 12.0. The maximum Gasteiger partial charge on any atom is 0.176 e. The molecule has 0 amide bonds. The predicted molar refractivity (Wildman–Crippen MR) is 72.3 cm³/mol. The Morgan fingerprint density at radius 3 is 2.63 bits per heavy atom. The number of aromatic nitrogens is 6. The van der Waals surface area contributed by atoms with Gasteiger partial charge in [-0.1, -0.05) is 13.8 Å². The quantitative estimate of drug-likeness (QED) is 0.703. The maximum absolute atomic E-state index is 4.68. The zero-order valence-electron chi connectivity index (χ0n) is 11.5. The minimum atomic E-state index is 0.428. The molecule has 3 aromatic rings. The van der Waals surface area contributed by atoms with Gasteiger partial charge in [-0.15, -0.1) is 15.0 Å². The normalized spacial score (nSPS) is 11.6. The first-order valence-corrected chi connectivity index (χ1v) is 6.29. The van der Waals surface area contributed by atoms with Gasteiger partial charge in [-0.3, -0.25) is 0 Å². The average molecular weight is 256 g/mol. The molecule has 0 atom stereocenters. The van der Waals surface area contributed by atoms with E-state index >= 15 is 0 Å². The molecule has 0 aromatic carbocycles. The molecule has 0 aliphatic carbocycles. The Labute approximate surface area is 111 Å². The Morgan fingerprint density at radius 2 is 2.00 bits per heavy atom. The van der Waals surface area contributed by atoms with Crippen LogP contribution < -0.4 is 0 Å². The summed E-state index contributed by atoms with van der Waals surface area (Å²) in [7, 11) is 2.04. The third-order valence-corrected chi connectivity index (χ3v) is 3.19. The van der Waals surface area contributed by atoms with Crippen LogP contribution in [0.25, 0.3) is 16.9 Å². The summed E-state index contributed by atoms with van der Waals surface area (Å²) in [6, 6.07) is 3.95. The number of hydrogen-bond donors (Lipinski definition) is 0. The van der Waals surface area contributed by atoms with Gasteiger partial charge in [0, 0.05) is 13.2 Å². The molecule has 0 bridgehead atoms. The van der Waals surface area contributed by atoms with E-state index in [1.807, 2.05) is 26.1 Å². The highest BCUT2D eigenvalue weighted by Crippen LogP contribution is 2.26. The molecule has 0 unspecified atom stereocenters. The lowest BCUT2D eigenvalue weighted by Crippen LogP contribution is -2.02. The molecular weight excluding hydrogens is 240 g/mol. The first-order chi connectivity index (χ1) is 9.06. The Kier molecular flexibility index (Phi) is 2.58. The van der Waals surface area contributed by atoms with E-state index in [1.165, 1.54) is 10.4 Å². The van der Waals surface area contributed by atoms with Crippen molar-refractivity contribution >= 4 is 11.0 Å². The zero-order valence-corrected chi connectivity index (χ0v) is 11.5. The van der Waals surface area contributed by atoms with E-state index in [2.05, 4.69) is 45.0 Å². The molecule has 0 saturated heterocycles. The molecule has 0 aliphatic rings. The Hall–Kier alpha value is -2.24. The minimum absolute atomic E-state index is 0.428. The first-order valence-electron chi connectivity index (χ1n) is 6.29. The number of rotatable bonds is 2. The molecule has 0 saturated carbocycles. The number of nitrogens with zero attached hydrogens (tertiary/aromatic N) is 6. The summed E-state index contributed by atoms with van der Waals surface area (Å²) in [6.45, 7) is 6.14. The van der Waals surface area contributed by atoms with E-state index in [4.69, 9.17) is 0 Å². The topological polar surface area (TPSA) is 61.4 Å². The Bertz CT molecular complexity index is 737. The predicted octanol–water partition coefficient (Wildman–Crippen LogP) is 1.98. The molecule has 19 heavy (non-hydrogen) atoms. The molecule has 6 nitrogen and oxygen atoms in total. The van der Waals surface area contributed by atoms with Gasteiger partial charge in [-0.25, -0.2) is 4.98 Å². The van der Waals surface area contributed by atoms with Gasteiger partial charge in [-0.05, 0) is 35.8 Å². The third kappa shape index (κ3) is 1.89. The van der Waals surface area contributed by atoms with Crippen LogP contribution in [0.5, 0.6) is 0 Å². The lowest BCUT2D eigenvalue weighted by Gasteiger charge is -2.03. The van der Waals surface area contributed by atoms with Gasteiger partial charge in [0.15, 0.2) is 11.6 Å². The summed E-state index contributed by atoms with van der Waals surface area (Å²) in [5.74, 6) is 1.76. The number of fused-ring (bicyclic) bond motifs is 1. The van der Waals surface area contributed by atoms with Crippen molar-refractivity contribution in [3.05, 3.63) is 29.7 Å². The highest BCUT2D eigenvalue weighted by atomic mass is 15.6. The molecule has 0 spiro atoms. The standard InChI is InChI=1S/C13H16N6/c1-8(2)10-7-18(4)11-5-6-12(14-13(10)11)19-16-9(3)15-17-19/h5-8H,1-4H3. The van der Waals surface area contributed by atoms with Crippen LogP contribution in [0.2, 0.25) is 0 Å². The lowest BCUT2D eigenvalue weighted by molar-refractivity contribution is 0.701. The molecule has 98 valence electrons. The number of hydrogen-bond acceptors (Lipinski definition) is 4. The van der Waals surface area contributed by atoms with Crippen LogP contribution in [0.15, 0.2) is 18.3 Å². The van der Waals surface area contributed by atoms with Crippen LogP contribution in [-0.4, -0.2) is 29.8 Å². The Morgan fingerprint density at radius 1 is 1.21 bits per heavy atom. The SMILES string of the molecule is Cc1nnn(-c2ccc3c(n2)c(C(C)C)cn3C)n1. The van der Waals surface area contributed by atoms with E-state index < -0.39 is 0 Å². The fourth-order valence-corrected chi connectivity index (χ4v) is 2.19. The molecule has 0 fully saturated rings. The van der Waals surface area contributed by atoms with Crippen LogP contribution in [0.3, 0.4) is 0 Å². The van der Waals surface area contributed by atoms with Gasteiger partial charge in [-0.2, -0.15) is 0 Å².